The van der Waals surface area contributed by atoms with Crippen molar-refractivity contribution >= 4 is 27.3 Å². The summed E-state index contributed by atoms with van der Waals surface area (Å²) in [5, 5.41) is 16.6. The van der Waals surface area contributed by atoms with Crippen LogP contribution in [-0.2, 0) is 19.9 Å². The maximum atomic E-state index is 10.2. The zero-order chi connectivity index (χ0) is 12.4. The molecule has 2 aromatic rings. The molecule has 2 rings (SSSR count). The average Bonchev–Trinajstić information content (AvgIpc) is 2.85. The van der Waals surface area contributed by atoms with Crippen molar-refractivity contribution in [2.75, 3.05) is 0 Å². The highest BCUT2D eigenvalue weighted by atomic mass is 79.9. The Kier molecular flexibility index (Phi) is 4.01. The summed E-state index contributed by atoms with van der Waals surface area (Å²) in [6.07, 6.45) is 1.04. The number of aromatic nitrogens is 2. The fourth-order valence-electron chi connectivity index (χ4n) is 1.78. The van der Waals surface area contributed by atoms with Crippen molar-refractivity contribution < 1.29 is 5.11 Å². The van der Waals surface area contributed by atoms with E-state index in [0.29, 0.717) is 6.42 Å². The van der Waals surface area contributed by atoms with E-state index in [2.05, 4.69) is 28.0 Å². The number of halogens is 1. The second-order valence-electron chi connectivity index (χ2n) is 3.99. The quantitative estimate of drug-likeness (QED) is 0.941. The van der Waals surface area contributed by atoms with Gasteiger partial charge in [-0.05, 0) is 34.5 Å². The molecule has 0 amide bonds. The Morgan fingerprint density at radius 3 is 2.82 bits per heavy atom. The minimum Gasteiger partial charge on any atom is -0.386 e. The van der Waals surface area contributed by atoms with Crippen LogP contribution >= 0.6 is 27.3 Å². The Labute approximate surface area is 113 Å². The fraction of sp³-hybridized carbons (Fsp3) is 0.417. The molecule has 0 aliphatic heterocycles. The topological polar surface area (TPSA) is 38.0 Å². The molecular weight excluding hydrogens is 300 g/mol. The molecule has 0 radical (unpaired) electrons. The van der Waals surface area contributed by atoms with Crippen molar-refractivity contribution in [2.24, 2.45) is 7.05 Å². The summed E-state index contributed by atoms with van der Waals surface area (Å²) in [5.41, 5.74) is 1.90. The minimum absolute atomic E-state index is 0.488. The van der Waals surface area contributed by atoms with E-state index in [1.807, 2.05) is 24.6 Å². The third-order valence-electron chi connectivity index (χ3n) is 2.69. The molecule has 0 aliphatic carbocycles. The highest BCUT2D eigenvalue weighted by Gasteiger charge is 2.15. The summed E-state index contributed by atoms with van der Waals surface area (Å²) >= 11 is 5.07. The molecule has 3 nitrogen and oxygen atoms in total. The zero-order valence-electron chi connectivity index (χ0n) is 9.85. The Morgan fingerprint density at radius 1 is 1.53 bits per heavy atom. The van der Waals surface area contributed by atoms with E-state index >= 15 is 0 Å². The van der Waals surface area contributed by atoms with E-state index in [1.54, 1.807) is 16.0 Å². The second-order valence-corrected chi connectivity index (χ2v) is 5.90. The van der Waals surface area contributed by atoms with Crippen LogP contribution in [0.5, 0.6) is 0 Å². The lowest BCUT2D eigenvalue weighted by molar-refractivity contribution is 0.169. The number of aliphatic hydroxyl groups is 1. The van der Waals surface area contributed by atoms with Crippen molar-refractivity contribution in [2.45, 2.75) is 25.9 Å². The smallest absolute Gasteiger partial charge is 0.100 e. The first kappa shape index (κ1) is 12.8. The third-order valence-corrected chi connectivity index (χ3v) is 4.41. The molecule has 0 spiro atoms. The molecule has 0 bridgehead atoms. The molecule has 2 aromatic heterocycles. The maximum Gasteiger partial charge on any atom is 0.100 e. The van der Waals surface area contributed by atoms with Gasteiger partial charge >= 0.3 is 0 Å². The Balaban J connectivity index is 2.13. The Morgan fingerprint density at radius 2 is 2.29 bits per heavy atom. The van der Waals surface area contributed by atoms with Crippen LogP contribution in [0.15, 0.2) is 22.0 Å². The number of nitrogens with zero attached hydrogens (tertiary/aromatic N) is 2. The van der Waals surface area contributed by atoms with Crippen LogP contribution in [-0.4, -0.2) is 14.9 Å². The predicted molar refractivity (Wildman–Crippen MR) is 73.3 cm³/mol. The second kappa shape index (κ2) is 5.33. The maximum absolute atomic E-state index is 10.2. The van der Waals surface area contributed by atoms with Gasteiger partial charge in [-0.15, -0.1) is 11.3 Å². The molecule has 0 saturated heterocycles. The fourth-order valence-corrected chi connectivity index (χ4v) is 3.27. The molecular formula is C12H15BrN2OS. The highest BCUT2D eigenvalue weighted by Crippen LogP contribution is 2.25. The van der Waals surface area contributed by atoms with Crippen LogP contribution < -0.4 is 0 Å². The first-order valence-corrected chi connectivity index (χ1v) is 7.21. The van der Waals surface area contributed by atoms with Gasteiger partial charge < -0.3 is 5.11 Å². The van der Waals surface area contributed by atoms with Crippen LogP contribution in [0.25, 0.3) is 0 Å². The van der Waals surface area contributed by atoms with Gasteiger partial charge in [-0.3, -0.25) is 4.68 Å². The van der Waals surface area contributed by atoms with Gasteiger partial charge in [-0.25, -0.2) is 0 Å². The van der Waals surface area contributed by atoms with E-state index < -0.39 is 6.10 Å². The lowest BCUT2D eigenvalue weighted by Gasteiger charge is -2.09. The predicted octanol–water partition coefficient (Wildman–Crippen LogP) is 3.08. The van der Waals surface area contributed by atoms with Crippen molar-refractivity contribution in [3.8, 4) is 0 Å². The van der Waals surface area contributed by atoms with Crippen molar-refractivity contribution in [1.29, 1.82) is 0 Å². The standard InChI is InChI=1S/C12H15BrN2OS/c1-3-9-5-11(15(2)14-9)12(16)6-10-4-8(13)7-17-10/h4-5,7,12,16H,3,6H2,1-2H3. The van der Waals surface area contributed by atoms with Gasteiger partial charge in [0.15, 0.2) is 0 Å². The summed E-state index contributed by atoms with van der Waals surface area (Å²) in [5.74, 6) is 0. The summed E-state index contributed by atoms with van der Waals surface area (Å²) < 4.78 is 2.84. The molecule has 92 valence electrons. The normalized spacial score (nSPS) is 12.9. The lowest BCUT2D eigenvalue weighted by atomic mass is 10.1. The van der Waals surface area contributed by atoms with Crippen molar-refractivity contribution in [1.82, 2.24) is 9.78 Å². The van der Waals surface area contributed by atoms with Crippen molar-refractivity contribution in [3.05, 3.63) is 38.3 Å². The van der Waals surface area contributed by atoms with E-state index in [9.17, 15) is 5.11 Å². The largest absolute Gasteiger partial charge is 0.386 e. The molecule has 1 N–H and O–H groups in total. The van der Waals surface area contributed by atoms with Crippen LogP contribution in [0.3, 0.4) is 0 Å². The minimum atomic E-state index is -0.488. The average molecular weight is 315 g/mol. The van der Waals surface area contributed by atoms with Crippen LogP contribution in [0.2, 0.25) is 0 Å². The number of rotatable bonds is 4. The molecule has 1 unspecified atom stereocenters. The summed E-state index contributed by atoms with van der Waals surface area (Å²) in [6.45, 7) is 2.06. The van der Waals surface area contributed by atoms with Gasteiger partial charge in [0.1, 0.15) is 6.10 Å². The molecule has 0 aromatic carbocycles. The summed E-state index contributed by atoms with van der Waals surface area (Å²) in [4.78, 5) is 1.17. The summed E-state index contributed by atoms with van der Waals surface area (Å²) in [7, 11) is 1.88. The van der Waals surface area contributed by atoms with Gasteiger partial charge in [0.2, 0.25) is 0 Å². The van der Waals surface area contributed by atoms with E-state index in [1.165, 1.54) is 4.88 Å². The molecule has 0 saturated carbocycles. The van der Waals surface area contributed by atoms with Gasteiger partial charge in [0, 0.05) is 28.2 Å². The lowest BCUT2D eigenvalue weighted by Crippen LogP contribution is -2.07. The van der Waals surface area contributed by atoms with Gasteiger partial charge in [-0.2, -0.15) is 5.10 Å². The number of hydrogen-bond acceptors (Lipinski definition) is 3. The van der Waals surface area contributed by atoms with Crippen LogP contribution in [0.1, 0.15) is 29.3 Å². The van der Waals surface area contributed by atoms with Crippen LogP contribution in [0.4, 0.5) is 0 Å². The molecule has 17 heavy (non-hydrogen) atoms. The van der Waals surface area contributed by atoms with E-state index in [-0.39, 0.29) is 0 Å². The van der Waals surface area contributed by atoms with Crippen LogP contribution in [0, 0.1) is 0 Å². The molecule has 2 heterocycles. The zero-order valence-corrected chi connectivity index (χ0v) is 12.3. The first-order valence-electron chi connectivity index (χ1n) is 5.54. The third kappa shape index (κ3) is 2.97. The number of aliphatic hydroxyl groups excluding tert-OH is 1. The van der Waals surface area contributed by atoms with E-state index in [4.69, 9.17) is 0 Å². The van der Waals surface area contributed by atoms with Gasteiger partial charge in [0.05, 0.1) is 11.4 Å². The van der Waals surface area contributed by atoms with Gasteiger partial charge in [-0.1, -0.05) is 6.92 Å². The molecule has 0 fully saturated rings. The SMILES string of the molecule is CCc1cc(C(O)Cc2cc(Br)cs2)n(C)n1. The van der Waals surface area contributed by atoms with Gasteiger partial charge in [0.25, 0.3) is 0 Å². The number of hydrogen-bond donors (Lipinski definition) is 1. The molecule has 0 aliphatic rings. The molecule has 5 heteroatoms. The number of aryl methyl sites for hydroxylation is 2. The first-order chi connectivity index (χ1) is 8.10. The molecule has 1 atom stereocenters. The number of thiophene rings is 1. The monoisotopic (exact) mass is 314 g/mol. The Bertz CT molecular complexity index is 506. The van der Waals surface area contributed by atoms with Crippen molar-refractivity contribution in [3.63, 3.8) is 0 Å². The Hall–Kier alpha value is -0.650. The summed E-state index contributed by atoms with van der Waals surface area (Å²) in [6, 6.07) is 4.03. The highest BCUT2D eigenvalue weighted by molar-refractivity contribution is 9.10. The van der Waals surface area contributed by atoms with E-state index in [0.717, 1.165) is 22.3 Å².